The summed E-state index contributed by atoms with van der Waals surface area (Å²) in [5.74, 6) is 0.225. The van der Waals surface area contributed by atoms with Crippen molar-refractivity contribution in [3.63, 3.8) is 0 Å². The van der Waals surface area contributed by atoms with Gasteiger partial charge in [-0.1, -0.05) is 30.3 Å². The highest BCUT2D eigenvalue weighted by Gasteiger charge is 2.35. The van der Waals surface area contributed by atoms with E-state index in [9.17, 15) is 9.59 Å². The fourth-order valence-corrected chi connectivity index (χ4v) is 3.13. The summed E-state index contributed by atoms with van der Waals surface area (Å²) in [5.41, 5.74) is 0.797. The molecule has 4 heteroatoms. The van der Waals surface area contributed by atoms with Crippen molar-refractivity contribution >= 4 is 11.8 Å². The number of likely N-dealkylation sites (tertiary alicyclic amines) is 1. The van der Waals surface area contributed by atoms with Gasteiger partial charge < -0.3 is 4.74 Å². The lowest BCUT2D eigenvalue weighted by atomic mass is 9.88. The number of nitrogens with zero attached hydrogens (tertiary/aromatic N) is 1. The minimum absolute atomic E-state index is 0.0808. The Labute approximate surface area is 118 Å². The number of piperidine rings is 1. The van der Waals surface area contributed by atoms with Gasteiger partial charge in [0.05, 0.1) is 6.61 Å². The van der Waals surface area contributed by atoms with Crippen LogP contribution in [0.3, 0.4) is 0 Å². The molecule has 20 heavy (non-hydrogen) atoms. The first-order chi connectivity index (χ1) is 9.75. The van der Waals surface area contributed by atoms with E-state index in [1.165, 1.54) is 0 Å². The first-order valence-corrected chi connectivity index (χ1v) is 7.25. The molecule has 1 aromatic rings. The highest BCUT2D eigenvalue weighted by Crippen LogP contribution is 2.25. The Morgan fingerprint density at radius 2 is 1.80 bits per heavy atom. The second-order valence-electron chi connectivity index (χ2n) is 5.51. The van der Waals surface area contributed by atoms with Crippen LogP contribution in [0.25, 0.3) is 0 Å². The van der Waals surface area contributed by atoms with Gasteiger partial charge in [0.25, 0.3) is 0 Å². The Bertz CT molecular complexity index is 492. The quantitative estimate of drug-likeness (QED) is 0.623. The van der Waals surface area contributed by atoms with Gasteiger partial charge in [0, 0.05) is 17.9 Å². The molecule has 0 N–H and O–H groups in total. The Morgan fingerprint density at radius 3 is 2.40 bits per heavy atom. The molecule has 0 radical (unpaired) electrons. The number of carbonyl (C=O) groups excluding carboxylic acids is 2. The zero-order valence-electron chi connectivity index (χ0n) is 11.5. The molecule has 0 aliphatic carbocycles. The molecule has 4 nitrogen and oxygen atoms in total. The van der Waals surface area contributed by atoms with Crippen LogP contribution in [0.4, 0.5) is 0 Å². The number of hydrogen-bond donors (Lipinski definition) is 0. The highest BCUT2D eigenvalue weighted by atomic mass is 16.5. The first kappa shape index (κ1) is 13.3. The first-order valence-electron chi connectivity index (χ1n) is 7.25. The summed E-state index contributed by atoms with van der Waals surface area (Å²) in [6, 6.07) is 9.40. The number of rotatable bonds is 3. The minimum Gasteiger partial charge on any atom is -0.464 e. The lowest BCUT2D eigenvalue weighted by molar-refractivity contribution is -0.142. The van der Waals surface area contributed by atoms with Crippen LogP contribution < -0.4 is 0 Å². The van der Waals surface area contributed by atoms with E-state index >= 15 is 0 Å². The van der Waals surface area contributed by atoms with Gasteiger partial charge in [0.2, 0.25) is 0 Å². The number of ether oxygens (including phenoxy) is 1. The molecule has 2 aliphatic rings. The van der Waals surface area contributed by atoms with E-state index in [0.29, 0.717) is 6.61 Å². The molecule has 1 atom stereocenters. The molecule has 0 saturated carbocycles. The Kier molecular flexibility index (Phi) is 3.83. The molecule has 3 rings (SSSR count). The topological polar surface area (TPSA) is 46.6 Å². The molecular formula is C16H19NO3. The van der Waals surface area contributed by atoms with Crippen LogP contribution in [0.15, 0.2) is 30.3 Å². The van der Waals surface area contributed by atoms with Crippen LogP contribution in [0, 0.1) is 5.92 Å². The van der Waals surface area contributed by atoms with Gasteiger partial charge in [-0.25, -0.2) is 0 Å². The molecular weight excluding hydrogens is 254 g/mol. The van der Waals surface area contributed by atoms with Gasteiger partial charge in [-0.15, -0.1) is 0 Å². The largest absolute Gasteiger partial charge is 0.464 e. The third-order valence-electron chi connectivity index (χ3n) is 4.31. The van der Waals surface area contributed by atoms with Crippen molar-refractivity contribution in [1.82, 2.24) is 4.90 Å². The van der Waals surface area contributed by atoms with E-state index < -0.39 is 0 Å². The van der Waals surface area contributed by atoms with E-state index in [4.69, 9.17) is 4.74 Å². The number of Topliss-reactive ketones (excluding diaryl/α,β-unsaturated/α-hetero) is 1. The second kappa shape index (κ2) is 5.75. The number of hydrogen-bond acceptors (Lipinski definition) is 4. The van der Waals surface area contributed by atoms with Gasteiger partial charge in [-0.05, 0) is 25.9 Å². The van der Waals surface area contributed by atoms with Crippen molar-refractivity contribution in [1.29, 1.82) is 0 Å². The standard InChI is InChI=1S/C16H19NO3/c18-15(12-4-2-1-3-5-12)13-6-9-17(10-7-13)14-8-11-20-16(14)19/h1-5,13-14H,6-11H2/t14-/m0/s1. The number of carbonyl (C=O) groups is 2. The van der Waals surface area contributed by atoms with Crippen LogP contribution in [0.2, 0.25) is 0 Å². The van der Waals surface area contributed by atoms with Crippen LogP contribution in [0.1, 0.15) is 29.6 Å². The summed E-state index contributed by atoms with van der Waals surface area (Å²) >= 11 is 0. The van der Waals surface area contributed by atoms with Crippen molar-refractivity contribution in [3.8, 4) is 0 Å². The number of esters is 1. The van der Waals surface area contributed by atoms with Gasteiger partial charge in [0.1, 0.15) is 6.04 Å². The van der Waals surface area contributed by atoms with Gasteiger partial charge in [-0.2, -0.15) is 0 Å². The Hall–Kier alpha value is -1.68. The predicted octanol–water partition coefficient (Wildman–Crippen LogP) is 1.90. The molecule has 0 unspecified atom stereocenters. The summed E-state index contributed by atoms with van der Waals surface area (Å²) in [7, 11) is 0. The van der Waals surface area contributed by atoms with E-state index in [0.717, 1.165) is 37.9 Å². The van der Waals surface area contributed by atoms with E-state index in [-0.39, 0.29) is 23.7 Å². The van der Waals surface area contributed by atoms with Crippen molar-refractivity contribution in [2.24, 2.45) is 5.92 Å². The summed E-state index contributed by atoms with van der Waals surface area (Å²) < 4.78 is 5.01. The smallest absolute Gasteiger partial charge is 0.323 e. The number of benzene rings is 1. The molecule has 2 aliphatic heterocycles. The van der Waals surface area contributed by atoms with Crippen LogP contribution in [-0.2, 0) is 9.53 Å². The molecule has 0 amide bonds. The van der Waals surface area contributed by atoms with Crippen molar-refractivity contribution in [3.05, 3.63) is 35.9 Å². The summed E-state index contributed by atoms with van der Waals surface area (Å²) in [6.07, 6.45) is 2.45. The summed E-state index contributed by atoms with van der Waals surface area (Å²) in [6.45, 7) is 2.15. The zero-order chi connectivity index (χ0) is 13.9. The number of cyclic esters (lactones) is 1. The molecule has 0 aromatic heterocycles. The predicted molar refractivity (Wildman–Crippen MR) is 74.4 cm³/mol. The van der Waals surface area contributed by atoms with Crippen molar-refractivity contribution < 1.29 is 14.3 Å². The highest BCUT2D eigenvalue weighted by molar-refractivity contribution is 5.97. The average molecular weight is 273 g/mol. The average Bonchev–Trinajstić information content (AvgIpc) is 2.94. The normalized spacial score (nSPS) is 24.6. The maximum atomic E-state index is 12.4. The zero-order valence-corrected chi connectivity index (χ0v) is 11.5. The van der Waals surface area contributed by atoms with E-state index in [2.05, 4.69) is 4.90 Å². The Morgan fingerprint density at radius 1 is 1.10 bits per heavy atom. The Balaban J connectivity index is 1.58. The van der Waals surface area contributed by atoms with Crippen molar-refractivity contribution in [2.75, 3.05) is 19.7 Å². The number of ketones is 1. The molecule has 2 heterocycles. The van der Waals surface area contributed by atoms with Crippen LogP contribution in [0.5, 0.6) is 0 Å². The third kappa shape index (κ3) is 2.61. The molecule has 0 bridgehead atoms. The van der Waals surface area contributed by atoms with Gasteiger partial charge in [0.15, 0.2) is 5.78 Å². The third-order valence-corrected chi connectivity index (χ3v) is 4.31. The molecule has 0 spiro atoms. The maximum Gasteiger partial charge on any atom is 0.323 e. The van der Waals surface area contributed by atoms with Crippen LogP contribution in [-0.4, -0.2) is 42.4 Å². The van der Waals surface area contributed by atoms with Crippen molar-refractivity contribution in [2.45, 2.75) is 25.3 Å². The lowest BCUT2D eigenvalue weighted by Crippen LogP contribution is -2.44. The van der Waals surface area contributed by atoms with Gasteiger partial charge >= 0.3 is 5.97 Å². The monoisotopic (exact) mass is 273 g/mol. The lowest BCUT2D eigenvalue weighted by Gasteiger charge is -2.33. The summed E-state index contributed by atoms with van der Waals surface area (Å²) in [4.78, 5) is 26.1. The summed E-state index contributed by atoms with van der Waals surface area (Å²) in [5, 5.41) is 0. The maximum absolute atomic E-state index is 12.4. The molecule has 2 fully saturated rings. The molecule has 106 valence electrons. The van der Waals surface area contributed by atoms with E-state index in [1.54, 1.807) is 0 Å². The fourth-order valence-electron chi connectivity index (χ4n) is 3.13. The fraction of sp³-hybridized carbons (Fsp3) is 0.500. The SMILES string of the molecule is O=C(c1ccccc1)C1CCN([C@H]2CCOC2=O)CC1. The van der Waals surface area contributed by atoms with Gasteiger partial charge in [-0.3, -0.25) is 14.5 Å². The minimum atomic E-state index is -0.0992. The van der Waals surface area contributed by atoms with Crippen LogP contribution >= 0.6 is 0 Å². The molecule has 2 saturated heterocycles. The van der Waals surface area contributed by atoms with E-state index in [1.807, 2.05) is 30.3 Å². The molecule has 1 aromatic carbocycles. The second-order valence-corrected chi connectivity index (χ2v) is 5.51.